The average Bonchev–Trinajstić information content (AvgIpc) is 2.46. The van der Waals surface area contributed by atoms with Crippen molar-refractivity contribution in [2.75, 3.05) is 24.5 Å². The van der Waals surface area contributed by atoms with Crippen LogP contribution in [0.15, 0.2) is 30.1 Å². The van der Waals surface area contributed by atoms with E-state index >= 15 is 0 Å². The number of ether oxygens (including phenoxy) is 1. The highest BCUT2D eigenvalue weighted by atomic mass is 16.6. The van der Waals surface area contributed by atoms with Crippen molar-refractivity contribution in [2.45, 2.75) is 32.3 Å². The Balaban J connectivity index is 1.72. The van der Waals surface area contributed by atoms with Crippen LogP contribution >= 0.6 is 0 Å². The zero-order chi connectivity index (χ0) is 16.2. The minimum absolute atomic E-state index is 0.358. The summed E-state index contributed by atoms with van der Waals surface area (Å²) >= 11 is 0. The molecule has 23 heavy (non-hydrogen) atoms. The van der Waals surface area contributed by atoms with Crippen LogP contribution in [0.2, 0.25) is 0 Å². The van der Waals surface area contributed by atoms with Crippen LogP contribution in [0.5, 0.6) is 0 Å². The third kappa shape index (κ3) is 2.30. The number of amides is 1. The van der Waals surface area contributed by atoms with E-state index in [0.29, 0.717) is 11.7 Å². The molecule has 5 rings (SSSR count). The highest BCUT2D eigenvalue weighted by Crippen LogP contribution is 2.42. The number of piperidine rings is 3. The van der Waals surface area contributed by atoms with Gasteiger partial charge in [-0.1, -0.05) is 6.07 Å². The second-order valence-electron chi connectivity index (χ2n) is 7.12. The lowest BCUT2D eigenvalue weighted by Gasteiger charge is -2.53. The van der Waals surface area contributed by atoms with E-state index in [1.54, 1.807) is 0 Å². The average molecular weight is 313 g/mol. The molecule has 1 atom stereocenters. The predicted octanol–water partition coefficient (Wildman–Crippen LogP) is 2.52. The first-order valence-electron chi connectivity index (χ1n) is 8.29. The monoisotopic (exact) mass is 313 g/mol. The molecule has 1 unspecified atom stereocenters. The Labute approximate surface area is 136 Å². The van der Waals surface area contributed by atoms with Crippen LogP contribution in [-0.2, 0) is 4.74 Å². The SMILES string of the molecule is Cc1cc(C)cc(N2C(=O)OC3(C=C2N)CN2CCC3CC2)c1. The summed E-state index contributed by atoms with van der Waals surface area (Å²) in [5.74, 6) is 0.872. The largest absolute Gasteiger partial charge is 0.436 e. The number of hydrogen-bond donors (Lipinski definition) is 1. The van der Waals surface area contributed by atoms with Crippen molar-refractivity contribution in [3.8, 4) is 0 Å². The Morgan fingerprint density at radius 2 is 1.83 bits per heavy atom. The van der Waals surface area contributed by atoms with Crippen LogP contribution in [-0.4, -0.2) is 36.2 Å². The highest BCUT2D eigenvalue weighted by Gasteiger charge is 2.51. The van der Waals surface area contributed by atoms with Crippen molar-refractivity contribution < 1.29 is 9.53 Å². The van der Waals surface area contributed by atoms with Crippen LogP contribution in [0.4, 0.5) is 10.5 Å². The Morgan fingerprint density at radius 1 is 1.17 bits per heavy atom. The number of anilines is 1. The quantitative estimate of drug-likeness (QED) is 0.865. The van der Waals surface area contributed by atoms with Gasteiger partial charge in [-0.2, -0.15) is 0 Å². The third-order valence-corrected chi connectivity index (χ3v) is 5.32. The fraction of sp³-hybridized carbons (Fsp3) is 0.500. The molecule has 0 radical (unpaired) electrons. The number of aryl methyl sites for hydroxylation is 2. The Hall–Kier alpha value is -2.01. The van der Waals surface area contributed by atoms with E-state index in [0.717, 1.165) is 49.3 Å². The van der Waals surface area contributed by atoms with Gasteiger partial charge in [0.2, 0.25) is 0 Å². The van der Waals surface area contributed by atoms with E-state index in [1.807, 2.05) is 32.1 Å². The Kier molecular flexibility index (Phi) is 3.17. The highest BCUT2D eigenvalue weighted by molar-refractivity contribution is 5.92. The maximum Gasteiger partial charge on any atom is 0.421 e. The first-order chi connectivity index (χ1) is 11.0. The van der Waals surface area contributed by atoms with E-state index in [4.69, 9.17) is 10.5 Å². The molecule has 2 bridgehead atoms. The smallest absolute Gasteiger partial charge is 0.421 e. The summed E-state index contributed by atoms with van der Waals surface area (Å²) in [6.07, 6.45) is 3.76. The van der Waals surface area contributed by atoms with E-state index in [-0.39, 0.29) is 6.09 Å². The second-order valence-corrected chi connectivity index (χ2v) is 7.12. The molecule has 3 fully saturated rings. The Bertz CT molecular complexity index is 671. The van der Waals surface area contributed by atoms with Gasteiger partial charge in [0.15, 0.2) is 5.60 Å². The van der Waals surface area contributed by atoms with Gasteiger partial charge in [-0.15, -0.1) is 0 Å². The van der Waals surface area contributed by atoms with Crippen molar-refractivity contribution in [1.82, 2.24) is 4.90 Å². The molecule has 1 aromatic rings. The van der Waals surface area contributed by atoms with Gasteiger partial charge in [0.1, 0.15) is 5.82 Å². The molecule has 122 valence electrons. The maximum absolute atomic E-state index is 12.7. The van der Waals surface area contributed by atoms with Crippen LogP contribution in [0.3, 0.4) is 0 Å². The number of benzene rings is 1. The van der Waals surface area contributed by atoms with Crippen molar-refractivity contribution in [3.63, 3.8) is 0 Å². The van der Waals surface area contributed by atoms with Gasteiger partial charge in [-0.3, -0.25) is 4.90 Å². The number of nitrogens with two attached hydrogens (primary N) is 1. The van der Waals surface area contributed by atoms with Gasteiger partial charge in [0.05, 0.1) is 5.69 Å². The summed E-state index contributed by atoms with van der Waals surface area (Å²) in [5, 5.41) is 0. The summed E-state index contributed by atoms with van der Waals surface area (Å²) in [7, 11) is 0. The van der Waals surface area contributed by atoms with Crippen molar-refractivity contribution in [2.24, 2.45) is 11.7 Å². The number of rotatable bonds is 1. The van der Waals surface area contributed by atoms with Crippen LogP contribution < -0.4 is 10.6 Å². The van der Waals surface area contributed by atoms with Crippen molar-refractivity contribution in [3.05, 3.63) is 41.2 Å². The fourth-order valence-electron chi connectivity index (χ4n) is 4.33. The number of hydrogen-bond acceptors (Lipinski definition) is 4. The molecular formula is C18H23N3O2. The van der Waals surface area contributed by atoms with E-state index < -0.39 is 5.60 Å². The van der Waals surface area contributed by atoms with Gasteiger partial charge in [-0.05, 0) is 63.0 Å². The molecule has 3 saturated heterocycles. The van der Waals surface area contributed by atoms with Gasteiger partial charge in [-0.25, -0.2) is 9.69 Å². The predicted molar refractivity (Wildman–Crippen MR) is 89.0 cm³/mol. The second kappa shape index (κ2) is 4.99. The van der Waals surface area contributed by atoms with Gasteiger partial charge in [0, 0.05) is 18.5 Å². The lowest BCUT2D eigenvalue weighted by atomic mass is 9.74. The van der Waals surface area contributed by atoms with Crippen molar-refractivity contribution in [1.29, 1.82) is 0 Å². The van der Waals surface area contributed by atoms with Crippen molar-refractivity contribution >= 4 is 11.8 Å². The molecule has 4 aliphatic heterocycles. The molecule has 5 nitrogen and oxygen atoms in total. The van der Waals surface area contributed by atoms with Gasteiger partial charge in [0.25, 0.3) is 0 Å². The first-order valence-corrected chi connectivity index (χ1v) is 8.29. The summed E-state index contributed by atoms with van der Waals surface area (Å²) < 4.78 is 5.95. The molecule has 0 saturated carbocycles. The molecule has 4 heterocycles. The molecule has 5 heteroatoms. The van der Waals surface area contributed by atoms with E-state index in [9.17, 15) is 4.79 Å². The van der Waals surface area contributed by atoms with Crippen LogP contribution in [0.1, 0.15) is 24.0 Å². The fourth-order valence-corrected chi connectivity index (χ4v) is 4.33. The summed E-state index contributed by atoms with van der Waals surface area (Å²) in [6, 6.07) is 6.00. The van der Waals surface area contributed by atoms with E-state index in [1.165, 1.54) is 4.90 Å². The van der Waals surface area contributed by atoms with Crippen LogP contribution in [0.25, 0.3) is 0 Å². The number of fused-ring (bicyclic) bond motifs is 2. The Morgan fingerprint density at radius 3 is 2.35 bits per heavy atom. The summed E-state index contributed by atoms with van der Waals surface area (Å²) in [4.78, 5) is 16.6. The zero-order valence-corrected chi connectivity index (χ0v) is 13.7. The molecule has 1 aromatic carbocycles. The van der Waals surface area contributed by atoms with Gasteiger partial charge >= 0.3 is 6.09 Å². The van der Waals surface area contributed by atoms with E-state index in [2.05, 4.69) is 11.0 Å². The standard InChI is InChI=1S/C18H23N3O2/c1-12-7-13(2)9-15(8-12)21-16(19)10-18(23-17(21)22)11-20-5-3-14(18)4-6-20/h7-10,14H,3-6,11,19H2,1-2H3. The molecule has 0 aromatic heterocycles. The lowest BCUT2D eigenvalue weighted by Crippen LogP contribution is -2.63. The molecule has 1 spiro atoms. The molecule has 0 aliphatic carbocycles. The molecule has 1 amide bonds. The summed E-state index contributed by atoms with van der Waals surface area (Å²) in [6.45, 7) is 6.99. The minimum Gasteiger partial charge on any atom is -0.436 e. The number of carbonyl (C=O) groups excluding carboxylic acids is 1. The maximum atomic E-state index is 12.7. The first kappa shape index (κ1) is 14.6. The lowest BCUT2D eigenvalue weighted by molar-refractivity contribution is -0.0860. The topological polar surface area (TPSA) is 58.8 Å². The van der Waals surface area contributed by atoms with Gasteiger partial charge < -0.3 is 10.5 Å². The number of carbonyl (C=O) groups is 1. The van der Waals surface area contributed by atoms with Crippen LogP contribution in [0, 0.1) is 19.8 Å². The molecule has 2 N–H and O–H groups in total. The molecule has 4 aliphatic rings. The summed E-state index contributed by atoms with van der Waals surface area (Å²) in [5.41, 5.74) is 8.75. The zero-order valence-electron chi connectivity index (χ0n) is 13.7. The number of nitrogens with zero attached hydrogens (tertiary/aromatic N) is 2. The normalized spacial score (nSPS) is 32.9. The minimum atomic E-state index is -0.535. The molecular weight excluding hydrogens is 290 g/mol. The third-order valence-electron chi connectivity index (χ3n) is 5.32.